The van der Waals surface area contributed by atoms with Crippen LogP contribution in [0.15, 0.2) is 94.9 Å². The molecule has 0 bridgehead atoms. The molecule has 5 heteroatoms. The third-order valence-corrected chi connectivity index (χ3v) is 5.68. The first-order chi connectivity index (χ1) is 13.0. The summed E-state index contributed by atoms with van der Waals surface area (Å²) in [5, 5.41) is 2.41. The van der Waals surface area contributed by atoms with Gasteiger partial charge >= 0.3 is 0 Å². The Morgan fingerprint density at radius 1 is 0.815 bits per heavy atom. The normalized spacial score (nSPS) is 11.8. The first-order valence-corrected chi connectivity index (χ1v) is 9.90. The van der Waals surface area contributed by atoms with Crippen molar-refractivity contribution in [2.24, 2.45) is 0 Å². The van der Waals surface area contributed by atoms with Crippen LogP contribution in [0.5, 0.6) is 0 Å². The van der Waals surface area contributed by atoms with Crippen molar-refractivity contribution in [1.82, 2.24) is 5.32 Å². The number of hydrogen-bond donors (Lipinski definition) is 1. The lowest BCUT2D eigenvalue weighted by Gasteiger charge is -2.12. The number of aryl methyl sites for hydroxylation is 1. The highest BCUT2D eigenvalue weighted by Gasteiger charge is 2.23. The van der Waals surface area contributed by atoms with Gasteiger partial charge in [-0.05, 0) is 42.8 Å². The van der Waals surface area contributed by atoms with Crippen molar-refractivity contribution in [2.45, 2.75) is 11.8 Å². The second-order valence-electron chi connectivity index (χ2n) is 6.06. The van der Waals surface area contributed by atoms with E-state index in [2.05, 4.69) is 5.32 Å². The van der Waals surface area contributed by atoms with E-state index < -0.39 is 15.7 Å². The summed E-state index contributed by atoms with van der Waals surface area (Å²) in [5.74, 6) is -0.475. The van der Waals surface area contributed by atoms with E-state index in [1.807, 2.05) is 13.0 Å². The average molecular weight is 377 g/mol. The van der Waals surface area contributed by atoms with Crippen molar-refractivity contribution in [1.29, 1.82) is 0 Å². The molecule has 3 rings (SSSR count). The second kappa shape index (κ2) is 8.01. The minimum Gasteiger partial charge on any atom is -0.312 e. The third-order valence-electron chi connectivity index (χ3n) is 3.99. The minimum absolute atomic E-state index is 0.122. The van der Waals surface area contributed by atoms with E-state index in [0.717, 1.165) is 5.56 Å². The lowest BCUT2D eigenvalue weighted by Crippen LogP contribution is -2.27. The van der Waals surface area contributed by atoms with Gasteiger partial charge in [0.1, 0.15) is 5.03 Å². The van der Waals surface area contributed by atoms with Crippen LogP contribution in [0.3, 0.4) is 0 Å². The van der Waals surface area contributed by atoms with Crippen molar-refractivity contribution in [3.05, 3.63) is 107 Å². The van der Waals surface area contributed by atoms with E-state index in [4.69, 9.17) is 0 Å². The molecule has 1 amide bonds. The second-order valence-corrected chi connectivity index (χ2v) is 7.97. The summed E-state index contributed by atoms with van der Waals surface area (Å²) in [4.78, 5) is 12.7. The maximum Gasteiger partial charge on any atom is 0.256 e. The average Bonchev–Trinajstić information content (AvgIpc) is 2.69. The van der Waals surface area contributed by atoms with Crippen molar-refractivity contribution in [2.75, 3.05) is 0 Å². The Hall–Kier alpha value is -3.18. The highest BCUT2D eigenvalue weighted by atomic mass is 32.2. The maximum absolute atomic E-state index is 13.1. The van der Waals surface area contributed by atoms with Crippen LogP contribution in [0.1, 0.15) is 21.5 Å². The standard InChI is InChI=1S/C22H19NO3S/c1-17-12-14-19(15-13-17)22(24)23-21(16-18-8-4-2-5-9-18)27(25,26)20-10-6-3-7-11-20/h2-16H,1H3,(H,23,24). The molecule has 0 fully saturated rings. The molecule has 0 heterocycles. The van der Waals surface area contributed by atoms with Crippen LogP contribution in [0.2, 0.25) is 0 Å². The smallest absolute Gasteiger partial charge is 0.256 e. The van der Waals surface area contributed by atoms with E-state index in [1.54, 1.807) is 66.7 Å². The molecular formula is C22H19NO3S. The third kappa shape index (κ3) is 4.51. The van der Waals surface area contributed by atoms with Crippen LogP contribution in [0, 0.1) is 6.92 Å². The Labute approximate surface area is 159 Å². The van der Waals surface area contributed by atoms with Gasteiger partial charge in [-0.25, -0.2) is 8.42 Å². The molecule has 1 N–H and O–H groups in total. The molecule has 0 atom stereocenters. The number of amides is 1. The van der Waals surface area contributed by atoms with Crippen molar-refractivity contribution >= 4 is 21.8 Å². The van der Waals surface area contributed by atoms with Crippen LogP contribution in [0.4, 0.5) is 0 Å². The van der Waals surface area contributed by atoms with Crippen LogP contribution in [-0.4, -0.2) is 14.3 Å². The van der Waals surface area contributed by atoms with E-state index in [1.165, 1.54) is 18.2 Å². The van der Waals surface area contributed by atoms with Gasteiger partial charge in [0, 0.05) is 5.56 Å². The fourth-order valence-electron chi connectivity index (χ4n) is 2.50. The van der Waals surface area contributed by atoms with Gasteiger partial charge in [-0.15, -0.1) is 0 Å². The molecule has 3 aromatic carbocycles. The minimum atomic E-state index is -3.88. The summed E-state index contributed by atoms with van der Waals surface area (Å²) in [5.41, 5.74) is 2.09. The Morgan fingerprint density at radius 3 is 1.96 bits per heavy atom. The van der Waals surface area contributed by atoms with Gasteiger partial charge in [-0.1, -0.05) is 66.2 Å². The number of rotatable bonds is 5. The maximum atomic E-state index is 13.1. The lowest BCUT2D eigenvalue weighted by molar-refractivity contribution is 0.0968. The Kier molecular flexibility index (Phi) is 5.52. The monoisotopic (exact) mass is 377 g/mol. The van der Waals surface area contributed by atoms with E-state index >= 15 is 0 Å². The Bertz CT molecular complexity index is 1060. The van der Waals surface area contributed by atoms with Crippen molar-refractivity contribution in [3.63, 3.8) is 0 Å². The van der Waals surface area contributed by atoms with E-state index in [-0.39, 0.29) is 9.92 Å². The molecular weight excluding hydrogens is 358 g/mol. The highest BCUT2D eigenvalue weighted by Crippen LogP contribution is 2.20. The van der Waals surface area contributed by atoms with Crippen molar-refractivity contribution < 1.29 is 13.2 Å². The number of carbonyl (C=O) groups is 1. The van der Waals surface area contributed by atoms with E-state index in [9.17, 15) is 13.2 Å². The van der Waals surface area contributed by atoms with Gasteiger partial charge in [0.15, 0.2) is 0 Å². The number of hydrogen-bond acceptors (Lipinski definition) is 3. The molecule has 0 aliphatic heterocycles. The predicted octanol–water partition coefficient (Wildman–Crippen LogP) is 4.20. The van der Waals surface area contributed by atoms with Gasteiger partial charge < -0.3 is 5.32 Å². The van der Waals surface area contributed by atoms with Crippen LogP contribution in [0.25, 0.3) is 6.08 Å². The van der Waals surface area contributed by atoms with E-state index in [0.29, 0.717) is 11.1 Å². The number of sulfone groups is 1. The fraction of sp³-hybridized carbons (Fsp3) is 0.0455. The zero-order chi connectivity index (χ0) is 19.3. The fourth-order valence-corrected chi connectivity index (χ4v) is 3.78. The quantitative estimate of drug-likeness (QED) is 0.725. The summed E-state index contributed by atoms with van der Waals surface area (Å²) < 4.78 is 26.1. The molecule has 4 nitrogen and oxygen atoms in total. The van der Waals surface area contributed by atoms with Gasteiger partial charge in [-0.3, -0.25) is 4.79 Å². The number of nitrogens with one attached hydrogen (secondary N) is 1. The topological polar surface area (TPSA) is 63.2 Å². The summed E-state index contributed by atoms with van der Waals surface area (Å²) in [6.45, 7) is 1.92. The molecule has 0 saturated heterocycles. The summed E-state index contributed by atoms with van der Waals surface area (Å²) in [7, 11) is -3.88. The first kappa shape index (κ1) is 18.6. The Balaban J connectivity index is 2.02. The molecule has 0 spiro atoms. The lowest BCUT2D eigenvalue weighted by atomic mass is 10.1. The summed E-state index contributed by atoms with van der Waals surface area (Å²) in [6, 6.07) is 24.0. The molecule has 0 aliphatic rings. The molecule has 0 aliphatic carbocycles. The SMILES string of the molecule is Cc1ccc(C(=O)NC(=Cc2ccccc2)S(=O)(=O)c2ccccc2)cc1. The molecule has 3 aromatic rings. The van der Waals surface area contributed by atoms with Gasteiger partial charge in [0.25, 0.3) is 5.91 Å². The molecule has 0 saturated carbocycles. The van der Waals surface area contributed by atoms with Crippen LogP contribution in [-0.2, 0) is 9.84 Å². The molecule has 0 unspecified atom stereocenters. The number of carbonyl (C=O) groups excluding carboxylic acids is 1. The molecule has 0 radical (unpaired) electrons. The first-order valence-electron chi connectivity index (χ1n) is 8.42. The predicted molar refractivity (Wildman–Crippen MR) is 107 cm³/mol. The van der Waals surface area contributed by atoms with Gasteiger partial charge in [0.2, 0.25) is 9.84 Å². The molecule has 0 aromatic heterocycles. The Morgan fingerprint density at radius 2 is 1.37 bits per heavy atom. The zero-order valence-corrected chi connectivity index (χ0v) is 15.6. The number of benzene rings is 3. The zero-order valence-electron chi connectivity index (χ0n) is 14.8. The van der Waals surface area contributed by atoms with Gasteiger partial charge in [-0.2, -0.15) is 0 Å². The summed E-state index contributed by atoms with van der Waals surface area (Å²) in [6.07, 6.45) is 1.47. The highest BCUT2D eigenvalue weighted by molar-refractivity contribution is 7.95. The largest absolute Gasteiger partial charge is 0.312 e. The van der Waals surface area contributed by atoms with Gasteiger partial charge in [0.05, 0.1) is 4.90 Å². The van der Waals surface area contributed by atoms with Crippen LogP contribution >= 0.6 is 0 Å². The summed E-state index contributed by atoms with van der Waals surface area (Å²) >= 11 is 0. The molecule has 27 heavy (non-hydrogen) atoms. The molecule has 136 valence electrons. The van der Waals surface area contributed by atoms with Crippen LogP contribution < -0.4 is 5.32 Å². The van der Waals surface area contributed by atoms with Crippen molar-refractivity contribution in [3.8, 4) is 0 Å².